The Morgan fingerprint density at radius 3 is 2.55 bits per heavy atom. The molecule has 1 aromatic heterocycles. The molecule has 8 nitrogen and oxygen atoms in total. The molecule has 4 rings (SSSR count). The van der Waals surface area contributed by atoms with Crippen LogP contribution in [0.3, 0.4) is 0 Å². The molecule has 4 amide bonds. The van der Waals surface area contributed by atoms with Crippen LogP contribution in [0.4, 0.5) is 4.79 Å². The molecule has 0 saturated carbocycles. The number of hydrogen-bond acceptors (Lipinski definition) is 5. The highest BCUT2D eigenvalue weighted by molar-refractivity contribution is 6.07. The molecule has 3 heterocycles. The van der Waals surface area contributed by atoms with Gasteiger partial charge in [-0.1, -0.05) is 26.0 Å². The summed E-state index contributed by atoms with van der Waals surface area (Å²) < 4.78 is 5.69. The highest BCUT2D eigenvalue weighted by atomic mass is 16.3. The summed E-state index contributed by atoms with van der Waals surface area (Å²) in [6.45, 7) is 5.02. The quantitative estimate of drug-likeness (QED) is 0.716. The van der Waals surface area contributed by atoms with E-state index in [0.29, 0.717) is 49.2 Å². The fourth-order valence-electron chi connectivity index (χ4n) is 4.63. The van der Waals surface area contributed by atoms with Crippen LogP contribution in [0, 0.1) is 11.8 Å². The van der Waals surface area contributed by atoms with Gasteiger partial charge in [0.1, 0.15) is 11.1 Å². The van der Waals surface area contributed by atoms with E-state index in [1.807, 2.05) is 0 Å². The summed E-state index contributed by atoms with van der Waals surface area (Å²) in [6.07, 6.45) is 2.54. The third kappa shape index (κ3) is 3.94. The van der Waals surface area contributed by atoms with E-state index in [-0.39, 0.29) is 28.9 Å². The van der Waals surface area contributed by atoms with Crippen molar-refractivity contribution >= 4 is 28.8 Å². The number of nitrogens with zero attached hydrogens (tertiary/aromatic N) is 1. The number of rotatable bonds is 5. The molecule has 1 atom stereocenters. The van der Waals surface area contributed by atoms with E-state index in [4.69, 9.17) is 4.42 Å². The van der Waals surface area contributed by atoms with Crippen LogP contribution in [0.5, 0.6) is 0 Å². The predicted molar refractivity (Wildman–Crippen MR) is 115 cm³/mol. The maximum atomic E-state index is 13.0. The van der Waals surface area contributed by atoms with Gasteiger partial charge in [-0.15, -0.1) is 0 Å². The minimum Gasteiger partial charge on any atom is -0.451 e. The number of hydrogen-bond donors (Lipinski definition) is 2. The van der Waals surface area contributed by atoms with Crippen LogP contribution in [-0.4, -0.2) is 41.4 Å². The van der Waals surface area contributed by atoms with E-state index in [1.54, 1.807) is 29.2 Å². The Morgan fingerprint density at radius 2 is 1.90 bits per heavy atom. The fourth-order valence-corrected chi connectivity index (χ4v) is 4.63. The van der Waals surface area contributed by atoms with Gasteiger partial charge in [0.2, 0.25) is 0 Å². The topological polar surface area (TPSA) is 109 Å². The molecule has 0 aliphatic carbocycles. The molecule has 0 spiro atoms. The lowest BCUT2D eigenvalue weighted by molar-refractivity contribution is -0.127. The molecule has 2 fully saturated rings. The summed E-state index contributed by atoms with van der Waals surface area (Å²) >= 11 is 0. The first-order chi connectivity index (χ1) is 14.8. The van der Waals surface area contributed by atoms with Crippen LogP contribution in [0.2, 0.25) is 0 Å². The molecule has 1 unspecified atom stereocenters. The Hall–Kier alpha value is -3.16. The zero-order valence-corrected chi connectivity index (χ0v) is 17.8. The summed E-state index contributed by atoms with van der Waals surface area (Å²) in [5.74, 6) is -0.255. The average Bonchev–Trinajstić information content (AvgIpc) is 3.05. The SMILES string of the molecule is CC(C)CCC1(C2CCN(C(=O)c3cc(=O)c4ccccc4o3)CC2)NC(=O)NC1=O. The van der Waals surface area contributed by atoms with Crippen LogP contribution in [0.1, 0.15) is 50.1 Å². The molecule has 2 N–H and O–H groups in total. The number of likely N-dealkylation sites (tertiary alicyclic amines) is 1. The van der Waals surface area contributed by atoms with Crippen LogP contribution >= 0.6 is 0 Å². The third-order valence-corrected chi connectivity index (χ3v) is 6.41. The summed E-state index contributed by atoms with van der Waals surface area (Å²) in [7, 11) is 0. The highest BCUT2D eigenvalue weighted by Gasteiger charge is 2.52. The number of urea groups is 1. The van der Waals surface area contributed by atoms with E-state index in [9.17, 15) is 19.2 Å². The van der Waals surface area contributed by atoms with E-state index in [2.05, 4.69) is 24.5 Å². The first-order valence-electron chi connectivity index (χ1n) is 10.8. The number of imide groups is 1. The van der Waals surface area contributed by atoms with Gasteiger partial charge in [-0.2, -0.15) is 0 Å². The van der Waals surface area contributed by atoms with Crippen molar-refractivity contribution in [3.63, 3.8) is 0 Å². The van der Waals surface area contributed by atoms with Crippen molar-refractivity contribution in [3.05, 3.63) is 46.3 Å². The lowest BCUT2D eigenvalue weighted by Gasteiger charge is -2.40. The monoisotopic (exact) mass is 425 g/mol. The van der Waals surface area contributed by atoms with Gasteiger partial charge in [-0.3, -0.25) is 19.7 Å². The van der Waals surface area contributed by atoms with E-state index >= 15 is 0 Å². The van der Waals surface area contributed by atoms with Crippen molar-refractivity contribution < 1.29 is 18.8 Å². The second-order valence-electron chi connectivity index (χ2n) is 8.85. The van der Waals surface area contributed by atoms with Gasteiger partial charge in [-0.05, 0) is 49.7 Å². The zero-order valence-electron chi connectivity index (χ0n) is 17.8. The van der Waals surface area contributed by atoms with Crippen LogP contribution in [0.25, 0.3) is 11.0 Å². The third-order valence-electron chi connectivity index (χ3n) is 6.41. The smallest absolute Gasteiger partial charge is 0.322 e. The molecule has 1 aromatic carbocycles. The molecule has 0 bridgehead atoms. The van der Waals surface area contributed by atoms with E-state index in [0.717, 1.165) is 6.42 Å². The molecule has 0 radical (unpaired) electrons. The maximum absolute atomic E-state index is 13.0. The molecule has 2 aromatic rings. The van der Waals surface area contributed by atoms with Crippen molar-refractivity contribution in [2.24, 2.45) is 11.8 Å². The molecular formula is C23H27N3O5. The summed E-state index contributed by atoms with van der Waals surface area (Å²) in [5, 5.41) is 5.71. The molecule has 2 saturated heterocycles. The van der Waals surface area contributed by atoms with Gasteiger partial charge in [0.15, 0.2) is 11.2 Å². The van der Waals surface area contributed by atoms with Gasteiger partial charge in [0.25, 0.3) is 11.8 Å². The van der Waals surface area contributed by atoms with Crippen LogP contribution in [-0.2, 0) is 4.79 Å². The van der Waals surface area contributed by atoms with Crippen molar-refractivity contribution in [1.29, 1.82) is 0 Å². The number of amides is 4. The van der Waals surface area contributed by atoms with E-state index in [1.165, 1.54) is 6.07 Å². The lowest BCUT2D eigenvalue weighted by atomic mass is 9.74. The number of piperidine rings is 1. The largest absolute Gasteiger partial charge is 0.451 e. The Morgan fingerprint density at radius 1 is 1.19 bits per heavy atom. The van der Waals surface area contributed by atoms with E-state index < -0.39 is 11.6 Å². The summed E-state index contributed by atoms with van der Waals surface area (Å²) in [6, 6.07) is 7.62. The Kier molecular flexibility index (Phi) is 5.56. The fraction of sp³-hybridized carbons (Fsp3) is 0.478. The Labute approximate surface area is 180 Å². The Bertz CT molecular complexity index is 1080. The number of para-hydroxylation sites is 1. The number of carbonyl (C=O) groups excluding carboxylic acids is 3. The standard InChI is InChI=1S/C23H27N3O5/c1-14(2)7-10-23(21(29)24-22(30)25-23)15-8-11-26(12-9-15)20(28)19-13-17(27)16-5-3-4-6-18(16)31-19/h3-6,13-15H,7-12H2,1-2H3,(H2,24,25,29,30). The summed E-state index contributed by atoms with van der Waals surface area (Å²) in [4.78, 5) is 51.6. The van der Waals surface area contributed by atoms with Gasteiger partial charge in [0, 0.05) is 19.2 Å². The molecular weight excluding hydrogens is 398 g/mol. The average molecular weight is 425 g/mol. The molecule has 31 heavy (non-hydrogen) atoms. The normalized spacial score (nSPS) is 22.1. The second kappa shape index (κ2) is 8.17. The van der Waals surface area contributed by atoms with Crippen molar-refractivity contribution in [3.8, 4) is 0 Å². The van der Waals surface area contributed by atoms with Gasteiger partial charge in [-0.25, -0.2) is 4.79 Å². The highest BCUT2D eigenvalue weighted by Crippen LogP contribution is 2.35. The molecule has 2 aliphatic rings. The molecule has 164 valence electrons. The molecule has 8 heteroatoms. The minimum atomic E-state index is -0.925. The van der Waals surface area contributed by atoms with Crippen molar-refractivity contribution in [2.45, 2.75) is 45.1 Å². The first-order valence-corrected chi connectivity index (χ1v) is 10.8. The molecule has 2 aliphatic heterocycles. The first kappa shape index (κ1) is 21.1. The predicted octanol–water partition coefficient (Wildman–Crippen LogP) is 2.66. The number of nitrogens with one attached hydrogen (secondary N) is 2. The number of benzene rings is 1. The number of fused-ring (bicyclic) bond motifs is 1. The minimum absolute atomic E-state index is 0.0172. The van der Waals surface area contributed by atoms with Crippen LogP contribution in [0.15, 0.2) is 39.5 Å². The number of carbonyl (C=O) groups is 3. The van der Waals surface area contributed by atoms with Crippen molar-refractivity contribution in [2.75, 3.05) is 13.1 Å². The summed E-state index contributed by atoms with van der Waals surface area (Å²) in [5.41, 5.74) is -0.796. The second-order valence-corrected chi connectivity index (χ2v) is 8.85. The van der Waals surface area contributed by atoms with Gasteiger partial charge in [0.05, 0.1) is 5.39 Å². The van der Waals surface area contributed by atoms with Gasteiger partial charge >= 0.3 is 6.03 Å². The van der Waals surface area contributed by atoms with Gasteiger partial charge < -0.3 is 14.6 Å². The Balaban J connectivity index is 1.50. The van der Waals surface area contributed by atoms with Crippen molar-refractivity contribution in [1.82, 2.24) is 15.5 Å². The van der Waals surface area contributed by atoms with Crippen LogP contribution < -0.4 is 16.1 Å². The zero-order chi connectivity index (χ0) is 22.2. The lowest BCUT2D eigenvalue weighted by Crippen LogP contribution is -2.56. The maximum Gasteiger partial charge on any atom is 0.322 e.